The van der Waals surface area contributed by atoms with E-state index in [1.807, 2.05) is 38.1 Å². The molecule has 10 heteroatoms. The van der Waals surface area contributed by atoms with Crippen LogP contribution in [0.25, 0.3) is 17.0 Å². The number of amides is 1. The first-order valence-electron chi connectivity index (χ1n) is 12.7. The summed E-state index contributed by atoms with van der Waals surface area (Å²) in [6.07, 6.45) is 2.32. The average molecular weight is 560 g/mol. The molecule has 1 unspecified atom stereocenters. The molecule has 0 radical (unpaired) electrons. The van der Waals surface area contributed by atoms with Crippen LogP contribution in [-0.4, -0.2) is 32.1 Å². The molecule has 3 aromatic carbocycles. The van der Waals surface area contributed by atoms with Crippen LogP contribution in [0.2, 0.25) is 0 Å². The number of carbonyl (C=O) groups is 2. The van der Waals surface area contributed by atoms with Crippen molar-refractivity contribution in [1.29, 1.82) is 0 Å². The van der Waals surface area contributed by atoms with E-state index in [1.165, 1.54) is 18.2 Å². The lowest BCUT2D eigenvalue weighted by molar-refractivity contribution is -0.297. The summed E-state index contributed by atoms with van der Waals surface area (Å²) in [7, 11) is -4.18. The maximum atomic E-state index is 13.8. The largest absolute Gasteiger partial charge is 0.545 e. The van der Waals surface area contributed by atoms with Gasteiger partial charge in [-0.3, -0.25) is 4.79 Å². The van der Waals surface area contributed by atoms with Gasteiger partial charge in [-0.2, -0.15) is 0 Å². The molecule has 2 N–H and O–H groups in total. The Labute approximate surface area is 231 Å². The van der Waals surface area contributed by atoms with E-state index >= 15 is 0 Å². The number of rotatable bonds is 9. The number of carbonyl (C=O) groups excluding carboxylic acids is 2. The van der Waals surface area contributed by atoms with Gasteiger partial charge in [0.25, 0.3) is 10.0 Å². The average Bonchev–Trinajstić information content (AvgIpc) is 3.54. The van der Waals surface area contributed by atoms with Crippen molar-refractivity contribution >= 4 is 38.9 Å². The van der Waals surface area contributed by atoms with E-state index in [-0.39, 0.29) is 24.0 Å². The van der Waals surface area contributed by atoms with Gasteiger partial charge < -0.3 is 24.4 Å². The van der Waals surface area contributed by atoms with Gasteiger partial charge >= 0.3 is 0 Å². The van der Waals surface area contributed by atoms with Crippen LogP contribution in [0.4, 0.5) is 0 Å². The van der Waals surface area contributed by atoms with Crippen molar-refractivity contribution in [3.63, 3.8) is 0 Å². The fourth-order valence-corrected chi connectivity index (χ4v) is 5.74. The van der Waals surface area contributed by atoms with Crippen molar-refractivity contribution in [1.82, 2.24) is 9.71 Å². The number of ether oxygens (including phenoxy) is 2. The number of aromatic nitrogens is 1. The van der Waals surface area contributed by atoms with E-state index in [2.05, 4.69) is 9.71 Å². The fraction of sp³-hybridized carbons (Fsp3) is 0.200. The van der Waals surface area contributed by atoms with E-state index in [9.17, 15) is 23.1 Å². The molecule has 5 rings (SSSR count). The summed E-state index contributed by atoms with van der Waals surface area (Å²) in [5, 5.41) is 11.9. The number of carboxylic acid groups (broad SMARTS) is 1. The van der Waals surface area contributed by atoms with Crippen molar-refractivity contribution in [2.75, 3.05) is 6.79 Å². The Morgan fingerprint density at radius 2 is 1.70 bits per heavy atom. The van der Waals surface area contributed by atoms with Gasteiger partial charge in [-0.1, -0.05) is 50.2 Å². The Kier molecular flexibility index (Phi) is 7.36. The lowest BCUT2D eigenvalue weighted by Crippen LogP contribution is -2.35. The van der Waals surface area contributed by atoms with E-state index in [1.54, 1.807) is 30.3 Å². The molecule has 1 atom stereocenters. The molecule has 2 heterocycles. The highest BCUT2D eigenvalue weighted by Crippen LogP contribution is 2.37. The zero-order valence-corrected chi connectivity index (χ0v) is 22.7. The van der Waals surface area contributed by atoms with Crippen molar-refractivity contribution in [2.24, 2.45) is 0 Å². The number of para-hydroxylation sites is 1. The Hall–Kier alpha value is -4.57. The number of aliphatic carboxylic acids is 1. The second-order valence-electron chi connectivity index (χ2n) is 9.78. The third-order valence-corrected chi connectivity index (χ3v) is 8.21. The molecule has 1 aliphatic rings. The standard InChI is InChI=1S/C30H28N2O7S/c1-18(2)19-7-10-21(11-8-19)40(36,37)32-30(35)23(20-9-13-27-28(15-20)39-17-38-27)16-24-22-5-3-4-6-25(22)31-26(24)12-14-29(33)34/h3-15,18,23,31H,16-17H2,1-2H3,(H,32,35)(H,33,34)/p-1/b14-12+. The minimum absolute atomic E-state index is 0.0284. The first kappa shape index (κ1) is 27.0. The molecule has 0 aliphatic carbocycles. The number of hydrogen-bond donors (Lipinski definition) is 2. The Morgan fingerprint density at radius 3 is 2.42 bits per heavy atom. The third-order valence-electron chi connectivity index (χ3n) is 6.85. The van der Waals surface area contributed by atoms with Crippen LogP contribution in [0.5, 0.6) is 11.5 Å². The van der Waals surface area contributed by atoms with E-state index in [0.717, 1.165) is 22.5 Å². The smallest absolute Gasteiger partial charge is 0.264 e. The second kappa shape index (κ2) is 10.9. The van der Waals surface area contributed by atoms with Crippen LogP contribution in [0, 0.1) is 0 Å². The van der Waals surface area contributed by atoms with Crippen molar-refractivity contribution in [3.05, 3.63) is 95.2 Å². The van der Waals surface area contributed by atoms with Gasteiger partial charge in [0.05, 0.1) is 16.8 Å². The quantitative estimate of drug-likeness (QED) is 0.299. The molecule has 206 valence electrons. The first-order chi connectivity index (χ1) is 19.1. The number of aromatic amines is 1. The summed E-state index contributed by atoms with van der Waals surface area (Å²) in [5.74, 6) is -1.91. The third kappa shape index (κ3) is 5.57. The summed E-state index contributed by atoms with van der Waals surface area (Å²) >= 11 is 0. The monoisotopic (exact) mass is 559 g/mol. The molecule has 40 heavy (non-hydrogen) atoms. The van der Waals surface area contributed by atoms with Crippen LogP contribution >= 0.6 is 0 Å². The van der Waals surface area contributed by atoms with Crippen LogP contribution < -0.4 is 19.3 Å². The number of fused-ring (bicyclic) bond motifs is 2. The minimum Gasteiger partial charge on any atom is -0.545 e. The fourth-order valence-electron chi connectivity index (χ4n) is 4.72. The number of benzene rings is 3. The molecule has 0 fully saturated rings. The predicted molar refractivity (Wildman–Crippen MR) is 147 cm³/mol. The Morgan fingerprint density at radius 1 is 1.00 bits per heavy atom. The summed E-state index contributed by atoms with van der Waals surface area (Å²) in [5.41, 5.74) is 3.33. The van der Waals surface area contributed by atoms with Crippen molar-refractivity contribution in [2.45, 2.75) is 37.0 Å². The number of nitrogens with one attached hydrogen (secondary N) is 2. The number of carboxylic acids is 1. The highest BCUT2D eigenvalue weighted by Gasteiger charge is 2.29. The molecule has 1 aromatic heterocycles. The van der Waals surface area contributed by atoms with Crippen molar-refractivity contribution < 1.29 is 32.6 Å². The molecule has 0 saturated carbocycles. The van der Waals surface area contributed by atoms with E-state index in [0.29, 0.717) is 28.3 Å². The summed E-state index contributed by atoms with van der Waals surface area (Å²) in [6.45, 7) is 4.04. The second-order valence-corrected chi connectivity index (χ2v) is 11.5. The van der Waals surface area contributed by atoms with Crippen LogP contribution in [-0.2, 0) is 26.0 Å². The lowest BCUT2D eigenvalue weighted by Gasteiger charge is -2.19. The maximum Gasteiger partial charge on any atom is 0.264 e. The van der Waals surface area contributed by atoms with Gasteiger partial charge in [0.15, 0.2) is 11.5 Å². The van der Waals surface area contributed by atoms with E-state index < -0.39 is 27.8 Å². The van der Waals surface area contributed by atoms with Gasteiger partial charge in [0, 0.05) is 16.6 Å². The molecule has 1 aliphatic heterocycles. The zero-order chi connectivity index (χ0) is 28.4. The van der Waals surface area contributed by atoms with Gasteiger partial charge in [0.2, 0.25) is 12.7 Å². The van der Waals surface area contributed by atoms with Gasteiger partial charge in [0.1, 0.15) is 0 Å². The summed E-state index contributed by atoms with van der Waals surface area (Å²) < 4.78 is 39.6. The first-order valence-corrected chi connectivity index (χ1v) is 14.2. The maximum absolute atomic E-state index is 13.8. The molecule has 9 nitrogen and oxygen atoms in total. The zero-order valence-electron chi connectivity index (χ0n) is 21.8. The number of hydrogen-bond acceptors (Lipinski definition) is 7. The van der Waals surface area contributed by atoms with Gasteiger partial charge in [-0.25, -0.2) is 13.1 Å². The molecule has 1 amide bonds. The topological polar surface area (TPSA) is 138 Å². The minimum atomic E-state index is -4.18. The molecule has 0 bridgehead atoms. The molecule has 4 aromatic rings. The van der Waals surface area contributed by atoms with Crippen LogP contribution in [0.15, 0.2) is 77.7 Å². The summed E-state index contributed by atoms with van der Waals surface area (Å²) in [4.78, 5) is 28.0. The predicted octanol–water partition coefficient (Wildman–Crippen LogP) is 3.61. The Bertz CT molecular complexity index is 1720. The lowest BCUT2D eigenvalue weighted by atomic mass is 9.89. The van der Waals surface area contributed by atoms with Crippen molar-refractivity contribution in [3.8, 4) is 11.5 Å². The normalized spacial score (nSPS) is 13.7. The van der Waals surface area contributed by atoms with Gasteiger partial charge in [-0.15, -0.1) is 0 Å². The number of H-pyrrole nitrogens is 1. The van der Waals surface area contributed by atoms with Crippen LogP contribution in [0.1, 0.15) is 48.1 Å². The molecular formula is C30H27N2O7S-. The highest BCUT2D eigenvalue weighted by molar-refractivity contribution is 7.90. The highest BCUT2D eigenvalue weighted by atomic mass is 32.2. The molecule has 0 saturated heterocycles. The Balaban J connectivity index is 1.54. The van der Waals surface area contributed by atoms with E-state index in [4.69, 9.17) is 9.47 Å². The summed E-state index contributed by atoms with van der Waals surface area (Å²) in [6, 6.07) is 18.7. The SMILES string of the molecule is CC(C)c1ccc(S(=O)(=O)NC(=O)C(Cc2c(/C=C/C(=O)[O-])[nH]c3ccccc23)c2ccc3c(c2)OCO3)cc1. The number of sulfonamides is 1. The van der Waals surface area contributed by atoms with Gasteiger partial charge in [-0.05, 0) is 71.5 Å². The molecule has 0 spiro atoms. The van der Waals surface area contributed by atoms with Crippen LogP contribution in [0.3, 0.4) is 0 Å². The molecular weight excluding hydrogens is 532 g/mol.